The van der Waals surface area contributed by atoms with Gasteiger partial charge in [0.05, 0.1) is 5.69 Å². The van der Waals surface area contributed by atoms with E-state index in [2.05, 4.69) is 30.3 Å². The summed E-state index contributed by atoms with van der Waals surface area (Å²) in [7, 11) is 0. The quantitative estimate of drug-likeness (QED) is 0.650. The van der Waals surface area contributed by atoms with Crippen LogP contribution < -0.4 is 4.90 Å². The monoisotopic (exact) mass is 386 g/mol. The molecule has 148 valence electrons. The number of likely N-dealkylation sites (tertiary alicyclic amines) is 1. The summed E-state index contributed by atoms with van der Waals surface area (Å²) < 4.78 is 0. The Bertz CT molecular complexity index is 995. The van der Waals surface area contributed by atoms with E-state index in [4.69, 9.17) is 0 Å². The zero-order valence-electron chi connectivity index (χ0n) is 16.6. The van der Waals surface area contributed by atoms with Gasteiger partial charge >= 0.3 is 0 Å². The molecule has 0 radical (unpaired) electrons. The van der Waals surface area contributed by atoms with Crippen molar-refractivity contribution >= 4 is 28.3 Å². The van der Waals surface area contributed by atoms with Crippen LogP contribution in [0.5, 0.6) is 0 Å². The standard InChI is InChI=1S/C14H13NO.C11H13NO/c16-14-9-4-10-15(14)13-8-3-6-11-5-1-2-7-12(11)13;13-11-7-4-8-12(11)9-10-5-2-1-3-6-10/h1-3,5-8H,4,9-10H2;1-3,5-6H,4,7-9H2. The normalized spacial score (nSPS) is 16.3. The van der Waals surface area contributed by atoms with E-state index in [1.54, 1.807) is 0 Å². The second-order valence-corrected chi connectivity index (χ2v) is 7.55. The van der Waals surface area contributed by atoms with Crippen molar-refractivity contribution in [1.82, 2.24) is 4.90 Å². The van der Waals surface area contributed by atoms with Crippen molar-refractivity contribution in [2.45, 2.75) is 32.2 Å². The molecule has 2 fully saturated rings. The number of rotatable bonds is 3. The van der Waals surface area contributed by atoms with Crippen molar-refractivity contribution in [1.29, 1.82) is 0 Å². The molecule has 3 aromatic rings. The number of carbonyl (C=O) groups excluding carboxylic acids is 2. The Morgan fingerprint density at radius 2 is 1.38 bits per heavy atom. The van der Waals surface area contributed by atoms with Crippen LogP contribution in [0.15, 0.2) is 72.8 Å². The molecule has 5 rings (SSSR count). The highest BCUT2D eigenvalue weighted by Gasteiger charge is 2.22. The first-order valence-corrected chi connectivity index (χ1v) is 10.3. The summed E-state index contributed by atoms with van der Waals surface area (Å²) >= 11 is 0. The summed E-state index contributed by atoms with van der Waals surface area (Å²) in [5.41, 5.74) is 2.28. The van der Waals surface area contributed by atoms with E-state index in [-0.39, 0.29) is 5.91 Å². The fraction of sp³-hybridized carbons (Fsp3) is 0.280. The lowest BCUT2D eigenvalue weighted by Gasteiger charge is -2.17. The van der Waals surface area contributed by atoms with Crippen LogP contribution in [-0.2, 0) is 16.1 Å². The fourth-order valence-corrected chi connectivity index (χ4v) is 4.02. The molecule has 2 amide bonds. The molecule has 2 aliphatic heterocycles. The Labute approximate surface area is 171 Å². The van der Waals surface area contributed by atoms with Crippen LogP contribution in [0.25, 0.3) is 10.8 Å². The molecule has 2 aliphatic rings. The topological polar surface area (TPSA) is 40.6 Å². The van der Waals surface area contributed by atoms with Gasteiger partial charge < -0.3 is 9.80 Å². The average molecular weight is 386 g/mol. The molecule has 0 unspecified atom stereocenters. The van der Waals surface area contributed by atoms with E-state index in [0.717, 1.165) is 44.6 Å². The number of nitrogens with zero attached hydrogens (tertiary/aromatic N) is 2. The van der Waals surface area contributed by atoms with Crippen LogP contribution >= 0.6 is 0 Å². The number of anilines is 1. The summed E-state index contributed by atoms with van der Waals surface area (Å²) in [6.07, 6.45) is 3.41. The molecular weight excluding hydrogens is 360 g/mol. The number of carbonyl (C=O) groups is 2. The molecular formula is C25H26N2O2. The summed E-state index contributed by atoms with van der Waals surface area (Å²) in [4.78, 5) is 26.9. The number of hydrogen-bond donors (Lipinski definition) is 0. The molecule has 2 saturated heterocycles. The summed E-state index contributed by atoms with van der Waals surface area (Å²) in [6, 6.07) is 24.5. The van der Waals surface area contributed by atoms with Gasteiger partial charge in [-0.1, -0.05) is 66.7 Å². The molecule has 0 aromatic heterocycles. The van der Waals surface area contributed by atoms with E-state index in [0.29, 0.717) is 12.3 Å². The maximum absolute atomic E-state index is 11.7. The zero-order chi connectivity index (χ0) is 20.1. The first-order chi connectivity index (χ1) is 14.2. The predicted molar refractivity (Wildman–Crippen MR) is 117 cm³/mol. The van der Waals surface area contributed by atoms with Gasteiger partial charge in [-0.15, -0.1) is 0 Å². The minimum absolute atomic E-state index is 0.247. The summed E-state index contributed by atoms with van der Waals surface area (Å²) in [5.74, 6) is 0.542. The number of amides is 2. The second-order valence-electron chi connectivity index (χ2n) is 7.55. The molecule has 2 heterocycles. The fourth-order valence-electron chi connectivity index (χ4n) is 4.02. The van der Waals surface area contributed by atoms with Gasteiger partial charge in [-0.05, 0) is 29.9 Å². The molecule has 0 N–H and O–H groups in total. The lowest BCUT2D eigenvalue weighted by Crippen LogP contribution is -2.23. The number of hydrogen-bond acceptors (Lipinski definition) is 2. The molecule has 0 aliphatic carbocycles. The van der Waals surface area contributed by atoms with Gasteiger partial charge in [0.15, 0.2) is 0 Å². The highest BCUT2D eigenvalue weighted by atomic mass is 16.2. The molecule has 0 spiro atoms. The van der Waals surface area contributed by atoms with Gasteiger partial charge in [-0.3, -0.25) is 9.59 Å². The maximum Gasteiger partial charge on any atom is 0.227 e. The van der Waals surface area contributed by atoms with Crippen molar-refractivity contribution in [2.75, 3.05) is 18.0 Å². The van der Waals surface area contributed by atoms with Crippen molar-refractivity contribution in [3.63, 3.8) is 0 Å². The smallest absolute Gasteiger partial charge is 0.227 e. The Morgan fingerprint density at radius 1 is 0.690 bits per heavy atom. The van der Waals surface area contributed by atoms with Crippen molar-refractivity contribution in [3.8, 4) is 0 Å². The highest BCUT2D eigenvalue weighted by Crippen LogP contribution is 2.29. The van der Waals surface area contributed by atoms with Crippen molar-refractivity contribution in [3.05, 3.63) is 78.4 Å². The first-order valence-electron chi connectivity index (χ1n) is 10.3. The van der Waals surface area contributed by atoms with Crippen LogP contribution in [0.3, 0.4) is 0 Å². The van der Waals surface area contributed by atoms with E-state index in [9.17, 15) is 9.59 Å². The second kappa shape index (κ2) is 8.91. The molecule has 0 atom stereocenters. The van der Waals surface area contributed by atoms with Crippen LogP contribution in [0, 0.1) is 0 Å². The molecule has 29 heavy (non-hydrogen) atoms. The third-order valence-electron chi connectivity index (χ3n) is 5.52. The van der Waals surface area contributed by atoms with Gasteiger partial charge in [-0.2, -0.15) is 0 Å². The zero-order valence-corrected chi connectivity index (χ0v) is 16.6. The number of fused-ring (bicyclic) bond motifs is 1. The summed E-state index contributed by atoms with van der Waals surface area (Å²) in [6.45, 7) is 2.56. The van der Waals surface area contributed by atoms with Gasteiger partial charge in [0.2, 0.25) is 11.8 Å². The largest absolute Gasteiger partial charge is 0.338 e. The maximum atomic E-state index is 11.7. The van der Waals surface area contributed by atoms with Crippen LogP contribution in [0.2, 0.25) is 0 Å². The van der Waals surface area contributed by atoms with Crippen LogP contribution in [-0.4, -0.2) is 29.8 Å². The highest BCUT2D eigenvalue weighted by molar-refractivity contribution is 6.04. The first kappa shape index (κ1) is 19.2. The minimum atomic E-state index is 0.247. The molecule has 0 bridgehead atoms. The number of benzene rings is 3. The third kappa shape index (κ3) is 4.48. The van der Waals surface area contributed by atoms with Gasteiger partial charge in [0, 0.05) is 37.9 Å². The lowest BCUT2D eigenvalue weighted by atomic mass is 10.1. The summed E-state index contributed by atoms with van der Waals surface area (Å²) in [5, 5.41) is 2.36. The van der Waals surface area contributed by atoms with Crippen LogP contribution in [0.1, 0.15) is 31.2 Å². The molecule has 0 saturated carbocycles. The Kier molecular flexibility index (Phi) is 5.89. The lowest BCUT2D eigenvalue weighted by molar-refractivity contribution is -0.128. The van der Waals surface area contributed by atoms with Gasteiger partial charge in [-0.25, -0.2) is 0 Å². The van der Waals surface area contributed by atoms with Crippen LogP contribution in [0.4, 0.5) is 5.69 Å². The van der Waals surface area contributed by atoms with E-state index < -0.39 is 0 Å². The van der Waals surface area contributed by atoms with Crippen molar-refractivity contribution < 1.29 is 9.59 Å². The molecule has 4 heteroatoms. The Morgan fingerprint density at radius 3 is 2.10 bits per heavy atom. The van der Waals surface area contributed by atoms with E-state index in [1.807, 2.05) is 52.3 Å². The molecule has 4 nitrogen and oxygen atoms in total. The minimum Gasteiger partial charge on any atom is -0.338 e. The van der Waals surface area contributed by atoms with E-state index in [1.165, 1.54) is 16.3 Å². The Balaban J connectivity index is 0.000000145. The Hall–Kier alpha value is -3.14. The molecule has 3 aromatic carbocycles. The van der Waals surface area contributed by atoms with Gasteiger partial charge in [0.25, 0.3) is 0 Å². The predicted octanol–water partition coefficient (Wildman–Crippen LogP) is 4.78. The van der Waals surface area contributed by atoms with E-state index >= 15 is 0 Å². The average Bonchev–Trinajstić information content (AvgIpc) is 3.37. The van der Waals surface area contributed by atoms with Crippen molar-refractivity contribution in [2.24, 2.45) is 0 Å². The third-order valence-corrected chi connectivity index (χ3v) is 5.52. The SMILES string of the molecule is O=C1CCCN1Cc1ccccc1.O=C1CCCN1c1cccc2ccccc12. The van der Waals surface area contributed by atoms with Gasteiger partial charge in [0.1, 0.15) is 0 Å².